The number of furan rings is 1. The molecule has 21 heavy (non-hydrogen) atoms. The first-order valence-corrected chi connectivity index (χ1v) is 7.30. The Morgan fingerprint density at radius 2 is 2.14 bits per heavy atom. The van der Waals surface area contributed by atoms with Gasteiger partial charge in [-0.2, -0.15) is 0 Å². The van der Waals surface area contributed by atoms with Crippen molar-refractivity contribution in [1.29, 1.82) is 0 Å². The molecule has 2 N–H and O–H groups in total. The van der Waals surface area contributed by atoms with Gasteiger partial charge >= 0.3 is 0 Å². The minimum atomic E-state index is 0.00262. The van der Waals surface area contributed by atoms with Gasteiger partial charge in [-0.05, 0) is 36.5 Å². The van der Waals surface area contributed by atoms with Gasteiger partial charge in [-0.1, -0.05) is 24.3 Å². The van der Waals surface area contributed by atoms with Crippen molar-refractivity contribution in [3.63, 3.8) is 0 Å². The Kier molecular flexibility index (Phi) is 3.80. The number of hydrogen-bond donors (Lipinski definition) is 1. The third-order valence-corrected chi connectivity index (χ3v) is 4.29. The molecule has 3 rings (SSSR count). The number of carbonyl (C=O) groups excluding carboxylic acids is 1. The van der Waals surface area contributed by atoms with Gasteiger partial charge in [0, 0.05) is 13.1 Å². The number of amides is 1. The quantitative estimate of drug-likeness (QED) is 0.941. The Bertz CT molecular complexity index is 648. The minimum Gasteiger partial charge on any atom is -0.467 e. The molecule has 0 aliphatic heterocycles. The first kappa shape index (κ1) is 13.9. The molecule has 0 spiro atoms. The van der Waals surface area contributed by atoms with Crippen LogP contribution < -0.4 is 5.73 Å². The largest absolute Gasteiger partial charge is 0.467 e. The summed E-state index contributed by atoms with van der Waals surface area (Å²) >= 11 is 0. The number of rotatable bonds is 3. The molecule has 1 unspecified atom stereocenters. The second-order valence-corrected chi connectivity index (χ2v) is 5.59. The first-order valence-electron chi connectivity index (χ1n) is 7.30. The first-order chi connectivity index (χ1) is 10.2. The number of benzene rings is 1. The van der Waals surface area contributed by atoms with E-state index in [0.717, 1.165) is 19.3 Å². The average molecular weight is 284 g/mol. The maximum Gasteiger partial charge on any atom is 0.257 e. The van der Waals surface area contributed by atoms with Crippen molar-refractivity contribution in [1.82, 2.24) is 4.90 Å². The van der Waals surface area contributed by atoms with Crippen molar-refractivity contribution in [2.24, 2.45) is 5.73 Å². The number of fused-ring (bicyclic) bond motifs is 1. The third kappa shape index (κ3) is 2.72. The van der Waals surface area contributed by atoms with E-state index in [1.54, 1.807) is 6.07 Å². The van der Waals surface area contributed by atoms with Gasteiger partial charge in [-0.3, -0.25) is 4.79 Å². The molecule has 1 heterocycles. The lowest BCUT2D eigenvalue weighted by atomic mass is 9.87. The van der Waals surface area contributed by atoms with Crippen molar-refractivity contribution in [2.75, 3.05) is 7.05 Å². The van der Waals surface area contributed by atoms with Crippen molar-refractivity contribution in [3.8, 4) is 0 Å². The van der Waals surface area contributed by atoms with E-state index in [1.807, 2.05) is 11.9 Å². The van der Waals surface area contributed by atoms with E-state index in [-0.39, 0.29) is 11.9 Å². The fraction of sp³-hybridized carbons (Fsp3) is 0.353. The summed E-state index contributed by atoms with van der Waals surface area (Å²) in [6.07, 6.45) is 4.44. The van der Waals surface area contributed by atoms with Crippen LogP contribution in [0.3, 0.4) is 0 Å². The summed E-state index contributed by atoms with van der Waals surface area (Å²) in [6, 6.07) is 10.4. The van der Waals surface area contributed by atoms with Gasteiger partial charge in [0.2, 0.25) is 0 Å². The lowest BCUT2D eigenvalue weighted by Crippen LogP contribution is -2.40. The van der Waals surface area contributed by atoms with Gasteiger partial charge in [0.05, 0.1) is 12.1 Å². The Morgan fingerprint density at radius 3 is 2.86 bits per heavy atom. The van der Waals surface area contributed by atoms with Crippen LogP contribution >= 0.6 is 0 Å². The normalized spacial score (nSPS) is 17.3. The molecular weight excluding hydrogens is 264 g/mol. The standard InChI is InChI=1S/C17H20N2O2/c1-19(17(20)14-9-16(10-18)21-11-14)15-7-6-12-4-2-3-5-13(12)8-15/h2-5,9,11,15H,6-8,10,18H2,1H3. The van der Waals surface area contributed by atoms with E-state index < -0.39 is 0 Å². The monoisotopic (exact) mass is 284 g/mol. The van der Waals surface area contributed by atoms with Crippen LogP contribution in [0.4, 0.5) is 0 Å². The highest BCUT2D eigenvalue weighted by atomic mass is 16.3. The molecule has 4 heteroatoms. The number of nitrogens with zero attached hydrogens (tertiary/aromatic N) is 1. The third-order valence-electron chi connectivity index (χ3n) is 4.29. The molecule has 1 aromatic heterocycles. The minimum absolute atomic E-state index is 0.00262. The lowest BCUT2D eigenvalue weighted by Gasteiger charge is -2.32. The summed E-state index contributed by atoms with van der Waals surface area (Å²) in [6.45, 7) is 0.313. The predicted octanol–water partition coefficient (Wildman–Crippen LogP) is 2.37. The Labute approximate surface area is 124 Å². The molecule has 4 nitrogen and oxygen atoms in total. The number of likely N-dealkylation sites (N-methyl/N-ethyl adjacent to an activating group) is 1. The second-order valence-electron chi connectivity index (χ2n) is 5.59. The van der Waals surface area contributed by atoms with Gasteiger partial charge in [0.15, 0.2) is 0 Å². The zero-order chi connectivity index (χ0) is 14.8. The molecule has 1 aliphatic carbocycles. The molecule has 0 fully saturated rings. The topological polar surface area (TPSA) is 59.5 Å². The van der Waals surface area contributed by atoms with Crippen LogP contribution in [0.5, 0.6) is 0 Å². The van der Waals surface area contributed by atoms with E-state index in [0.29, 0.717) is 17.9 Å². The average Bonchev–Trinajstić information content (AvgIpc) is 3.02. The fourth-order valence-corrected chi connectivity index (χ4v) is 2.98. The summed E-state index contributed by atoms with van der Waals surface area (Å²) in [5.41, 5.74) is 8.85. The van der Waals surface area contributed by atoms with Gasteiger partial charge in [0.25, 0.3) is 5.91 Å². The number of hydrogen-bond acceptors (Lipinski definition) is 3. The van der Waals surface area contributed by atoms with Crippen LogP contribution in [0.2, 0.25) is 0 Å². The number of aryl methyl sites for hydroxylation is 1. The van der Waals surface area contributed by atoms with Crippen LogP contribution in [0.15, 0.2) is 41.0 Å². The SMILES string of the molecule is CN(C(=O)c1coc(CN)c1)C1CCc2ccccc2C1. The van der Waals surface area contributed by atoms with Crippen molar-refractivity contribution in [3.05, 3.63) is 59.0 Å². The summed E-state index contributed by atoms with van der Waals surface area (Å²) < 4.78 is 5.26. The molecule has 1 amide bonds. The smallest absolute Gasteiger partial charge is 0.257 e. The highest BCUT2D eigenvalue weighted by molar-refractivity contribution is 5.94. The molecule has 1 aliphatic rings. The van der Waals surface area contributed by atoms with Crippen LogP contribution in [0.25, 0.3) is 0 Å². The summed E-state index contributed by atoms with van der Waals surface area (Å²) in [5, 5.41) is 0. The van der Waals surface area contributed by atoms with Gasteiger partial charge in [0.1, 0.15) is 12.0 Å². The van der Waals surface area contributed by atoms with Crippen molar-refractivity contribution >= 4 is 5.91 Å². The highest BCUT2D eigenvalue weighted by Gasteiger charge is 2.26. The number of carbonyl (C=O) groups is 1. The molecule has 0 saturated carbocycles. The lowest BCUT2D eigenvalue weighted by molar-refractivity contribution is 0.0718. The molecule has 110 valence electrons. The zero-order valence-corrected chi connectivity index (χ0v) is 12.2. The summed E-state index contributed by atoms with van der Waals surface area (Å²) in [5.74, 6) is 0.642. The maximum atomic E-state index is 12.5. The van der Waals surface area contributed by atoms with E-state index in [1.165, 1.54) is 17.4 Å². The van der Waals surface area contributed by atoms with Crippen molar-refractivity contribution < 1.29 is 9.21 Å². The number of nitrogens with two attached hydrogens (primary N) is 1. The van der Waals surface area contributed by atoms with Crippen LogP contribution in [-0.2, 0) is 19.4 Å². The molecule has 1 aromatic carbocycles. The van der Waals surface area contributed by atoms with Gasteiger partial charge in [-0.15, -0.1) is 0 Å². The summed E-state index contributed by atoms with van der Waals surface area (Å²) in [4.78, 5) is 14.3. The van der Waals surface area contributed by atoms with E-state index in [9.17, 15) is 4.79 Å². The second kappa shape index (κ2) is 5.74. The molecular formula is C17H20N2O2. The Morgan fingerprint density at radius 1 is 1.38 bits per heavy atom. The Hall–Kier alpha value is -2.07. The van der Waals surface area contributed by atoms with Gasteiger partial charge in [-0.25, -0.2) is 0 Å². The molecule has 0 bridgehead atoms. The fourth-order valence-electron chi connectivity index (χ4n) is 2.98. The maximum absolute atomic E-state index is 12.5. The van der Waals surface area contributed by atoms with Crippen LogP contribution in [-0.4, -0.2) is 23.9 Å². The van der Waals surface area contributed by atoms with Crippen molar-refractivity contribution in [2.45, 2.75) is 31.8 Å². The predicted molar refractivity (Wildman–Crippen MR) is 80.9 cm³/mol. The molecule has 0 radical (unpaired) electrons. The van der Waals surface area contributed by atoms with E-state index >= 15 is 0 Å². The van der Waals surface area contributed by atoms with Gasteiger partial charge < -0.3 is 15.1 Å². The van der Waals surface area contributed by atoms with Crippen LogP contribution in [0.1, 0.15) is 33.7 Å². The highest BCUT2D eigenvalue weighted by Crippen LogP contribution is 2.25. The zero-order valence-electron chi connectivity index (χ0n) is 12.2. The summed E-state index contributed by atoms with van der Waals surface area (Å²) in [7, 11) is 1.87. The molecule has 0 saturated heterocycles. The van der Waals surface area contributed by atoms with Crippen LogP contribution in [0, 0.1) is 0 Å². The van der Waals surface area contributed by atoms with E-state index in [2.05, 4.69) is 24.3 Å². The Balaban J connectivity index is 1.74. The molecule has 1 atom stereocenters. The van der Waals surface area contributed by atoms with E-state index in [4.69, 9.17) is 10.2 Å². The molecule has 2 aromatic rings.